The fourth-order valence-electron chi connectivity index (χ4n) is 3.30. The van der Waals surface area contributed by atoms with E-state index in [4.69, 9.17) is 17.3 Å². The molecule has 0 amide bonds. The topological polar surface area (TPSA) is 27.2 Å². The molecule has 0 radical (unpaired) electrons. The van der Waals surface area contributed by atoms with E-state index < -0.39 is 0 Å². The molecule has 0 aliphatic heterocycles. The number of nitrogens with zero attached hydrogens (tertiary/aromatic N) is 3. The Hall–Kier alpha value is -2.24. The van der Waals surface area contributed by atoms with Crippen molar-refractivity contribution in [3.63, 3.8) is 0 Å². The summed E-state index contributed by atoms with van der Waals surface area (Å²) in [5, 5.41) is 4.92. The summed E-state index contributed by atoms with van der Waals surface area (Å²) in [6.45, 7) is 9.72. The van der Waals surface area contributed by atoms with Crippen LogP contribution in [0.4, 0.5) is 0 Å². The molecule has 0 aliphatic rings. The lowest BCUT2D eigenvalue weighted by molar-refractivity contribution is -0.964. The van der Waals surface area contributed by atoms with Gasteiger partial charge < -0.3 is 4.90 Å². The first-order chi connectivity index (χ1) is 12.5. The molecule has 0 atom stereocenters. The Morgan fingerprint density at radius 3 is 1.96 bits per heavy atom. The zero-order chi connectivity index (χ0) is 18.7. The van der Waals surface area contributed by atoms with Gasteiger partial charge in [0.05, 0.1) is 12.1 Å². The third kappa shape index (κ3) is 3.79. The van der Waals surface area contributed by atoms with Crippen molar-refractivity contribution >= 4 is 12.2 Å². The predicted octanol–water partition coefficient (Wildman–Crippen LogP) is 3.73. The molecule has 3 aromatic rings. The maximum absolute atomic E-state index is 5.84. The first-order valence-electron chi connectivity index (χ1n) is 9.15. The summed E-state index contributed by atoms with van der Waals surface area (Å²) in [5.74, 6) is 0.883. The Morgan fingerprint density at radius 2 is 1.42 bits per heavy atom. The standard InChI is InChI=1S/C21H26N4S/c1-16(2)23(17(3)4)15-24-21(26)25(19-13-9-6-10-14-19)20(22-24)18-11-7-5-8-12-18/h5-14,16-17H,15H2,1-4H3/p+1. The van der Waals surface area contributed by atoms with Gasteiger partial charge in [0.2, 0.25) is 4.77 Å². The van der Waals surface area contributed by atoms with Crippen molar-refractivity contribution in [3.05, 3.63) is 65.4 Å². The normalized spacial score (nSPS) is 11.7. The van der Waals surface area contributed by atoms with Gasteiger partial charge in [0.15, 0.2) is 12.5 Å². The van der Waals surface area contributed by atoms with Crippen LogP contribution in [-0.2, 0) is 6.67 Å². The van der Waals surface area contributed by atoms with E-state index in [2.05, 4.69) is 56.5 Å². The summed E-state index contributed by atoms with van der Waals surface area (Å²) in [6.07, 6.45) is 0. The van der Waals surface area contributed by atoms with Crippen LogP contribution < -0.4 is 4.90 Å². The average molecular weight is 368 g/mol. The molecule has 136 valence electrons. The highest BCUT2D eigenvalue weighted by Crippen LogP contribution is 2.22. The van der Waals surface area contributed by atoms with Gasteiger partial charge in [-0.05, 0) is 52.0 Å². The summed E-state index contributed by atoms with van der Waals surface area (Å²) in [6, 6.07) is 21.5. The van der Waals surface area contributed by atoms with E-state index >= 15 is 0 Å². The molecule has 0 fully saturated rings. The second-order valence-electron chi connectivity index (χ2n) is 7.19. The fourth-order valence-corrected chi connectivity index (χ4v) is 3.60. The summed E-state index contributed by atoms with van der Waals surface area (Å²) < 4.78 is 4.78. The number of benzene rings is 2. The van der Waals surface area contributed by atoms with Crippen molar-refractivity contribution in [3.8, 4) is 17.1 Å². The van der Waals surface area contributed by atoms with Gasteiger partial charge in [-0.15, -0.1) is 5.10 Å². The Balaban J connectivity index is 2.14. The fraction of sp³-hybridized carbons (Fsp3) is 0.333. The van der Waals surface area contributed by atoms with E-state index in [1.54, 1.807) is 0 Å². The molecule has 5 heteroatoms. The minimum absolute atomic E-state index is 0.499. The third-order valence-electron chi connectivity index (χ3n) is 4.70. The number of rotatable bonds is 6. The molecule has 0 aliphatic carbocycles. The van der Waals surface area contributed by atoms with Crippen LogP contribution in [0.25, 0.3) is 17.1 Å². The molecule has 0 saturated carbocycles. The van der Waals surface area contributed by atoms with Crippen molar-refractivity contribution in [1.29, 1.82) is 0 Å². The molecule has 1 N–H and O–H groups in total. The van der Waals surface area contributed by atoms with Crippen LogP contribution in [-0.4, -0.2) is 26.4 Å². The Morgan fingerprint density at radius 1 is 0.885 bits per heavy atom. The lowest BCUT2D eigenvalue weighted by atomic mass is 10.2. The van der Waals surface area contributed by atoms with E-state index in [0.717, 1.165) is 28.5 Å². The van der Waals surface area contributed by atoms with Gasteiger partial charge in [-0.3, -0.25) is 4.57 Å². The predicted molar refractivity (Wildman–Crippen MR) is 109 cm³/mol. The number of aromatic nitrogens is 3. The van der Waals surface area contributed by atoms with Gasteiger partial charge in [0.25, 0.3) is 0 Å². The third-order valence-corrected chi connectivity index (χ3v) is 5.09. The zero-order valence-corrected chi connectivity index (χ0v) is 16.7. The number of hydrogen-bond acceptors (Lipinski definition) is 2. The van der Waals surface area contributed by atoms with Gasteiger partial charge in [0, 0.05) is 11.3 Å². The van der Waals surface area contributed by atoms with E-state index in [0.29, 0.717) is 12.1 Å². The minimum atomic E-state index is 0.499. The lowest BCUT2D eigenvalue weighted by Gasteiger charge is -2.26. The van der Waals surface area contributed by atoms with Crippen molar-refractivity contribution < 1.29 is 4.90 Å². The van der Waals surface area contributed by atoms with E-state index in [-0.39, 0.29) is 0 Å². The molecule has 0 saturated heterocycles. The molecule has 3 rings (SSSR count). The molecule has 0 bridgehead atoms. The molecule has 0 spiro atoms. The van der Waals surface area contributed by atoms with Gasteiger partial charge in [-0.25, -0.2) is 0 Å². The Bertz CT molecular complexity index is 887. The van der Waals surface area contributed by atoms with E-state index in [9.17, 15) is 0 Å². The van der Waals surface area contributed by atoms with Crippen LogP contribution in [0.2, 0.25) is 0 Å². The average Bonchev–Trinajstić information content (AvgIpc) is 2.97. The van der Waals surface area contributed by atoms with Crippen molar-refractivity contribution in [2.75, 3.05) is 0 Å². The zero-order valence-electron chi connectivity index (χ0n) is 15.9. The maximum Gasteiger partial charge on any atom is 0.207 e. The smallest absolute Gasteiger partial charge is 0.207 e. The van der Waals surface area contributed by atoms with Crippen LogP contribution in [0.1, 0.15) is 27.7 Å². The molecule has 4 nitrogen and oxygen atoms in total. The summed E-state index contributed by atoms with van der Waals surface area (Å²) in [7, 11) is 0. The number of nitrogens with one attached hydrogen (secondary N) is 1. The maximum atomic E-state index is 5.84. The first kappa shape index (κ1) is 18.5. The molecule has 1 heterocycles. The second kappa shape index (κ2) is 7.98. The molecule has 2 aromatic carbocycles. The number of hydrogen-bond donors (Lipinski definition) is 1. The van der Waals surface area contributed by atoms with E-state index in [1.165, 1.54) is 4.90 Å². The quantitative estimate of drug-likeness (QED) is 0.672. The van der Waals surface area contributed by atoms with Crippen molar-refractivity contribution in [2.45, 2.75) is 46.4 Å². The molecular weight excluding hydrogens is 340 g/mol. The molecule has 0 unspecified atom stereocenters. The van der Waals surface area contributed by atoms with Gasteiger partial charge in [-0.2, -0.15) is 4.68 Å². The molecule has 26 heavy (non-hydrogen) atoms. The van der Waals surface area contributed by atoms with Crippen LogP contribution >= 0.6 is 12.2 Å². The second-order valence-corrected chi connectivity index (χ2v) is 7.55. The van der Waals surface area contributed by atoms with Crippen LogP contribution in [0.3, 0.4) is 0 Å². The Kier molecular flexibility index (Phi) is 5.69. The number of quaternary nitrogens is 1. The highest BCUT2D eigenvalue weighted by molar-refractivity contribution is 7.71. The highest BCUT2D eigenvalue weighted by Gasteiger charge is 2.21. The summed E-state index contributed by atoms with van der Waals surface area (Å²) in [5.41, 5.74) is 2.11. The Labute approximate surface area is 160 Å². The van der Waals surface area contributed by atoms with Gasteiger partial charge in [-0.1, -0.05) is 48.5 Å². The van der Waals surface area contributed by atoms with Crippen molar-refractivity contribution in [2.24, 2.45) is 0 Å². The minimum Gasteiger partial charge on any atom is -0.312 e. The van der Waals surface area contributed by atoms with Gasteiger partial charge >= 0.3 is 0 Å². The van der Waals surface area contributed by atoms with Gasteiger partial charge in [0.1, 0.15) is 0 Å². The number of para-hydroxylation sites is 1. The van der Waals surface area contributed by atoms with Crippen LogP contribution in [0.5, 0.6) is 0 Å². The van der Waals surface area contributed by atoms with E-state index in [1.807, 2.05) is 41.1 Å². The van der Waals surface area contributed by atoms with Crippen molar-refractivity contribution in [1.82, 2.24) is 14.3 Å². The molecule has 1 aromatic heterocycles. The highest BCUT2D eigenvalue weighted by atomic mass is 32.1. The SMILES string of the molecule is CC(C)[NH+](Cn1nc(-c2ccccc2)n(-c2ccccc2)c1=S)C(C)C. The summed E-state index contributed by atoms with van der Waals surface area (Å²) >= 11 is 5.84. The van der Waals surface area contributed by atoms with Crippen LogP contribution in [0, 0.1) is 4.77 Å². The largest absolute Gasteiger partial charge is 0.312 e. The molecular formula is C21H27N4S+. The first-order valence-corrected chi connectivity index (χ1v) is 9.56. The lowest BCUT2D eigenvalue weighted by Crippen LogP contribution is -3.17. The summed E-state index contributed by atoms with van der Waals surface area (Å²) in [4.78, 5) is 1.46. The van der Waals surface area contributed by atoms with Crippen LogP contribution in [0.15, 0.2) is 60.7 Å². The monoisotopic (exact) mass is 367 g/mol.